The number of carbonyl (C=O) groups excluding carboxylic acids is 1. The molecule has 1 aromatic carbocycles. The Morgan fingerprint density at radius 1 is 1.00 bits per heavy atom. The third-order valence-electron chi connectivity index (χ3n) is 5.23. The first-order valence-electron chi connectivity index (χ1n) is 10.7. The van der Waals surface area contributed by atoms with Crippen LogP contribution >= 0.6 is 0 Å². The summed E-state index contributed by atoms with van der Waals surface area (Å²) in [5.74, 6) is -1.63. The smallest absolute Gasteiger partial charge is 0.270 e. The van der Waals surface area contributed by atoms with Gasteiger partial charge in [0.2, 0.25) is 0 Å². The lowest BCUT2D eigenvalue weighted by molar-refractivity contribution is 0.0174. The standard InChI is InChI=1S/C24H24F2N8O/c1-14-5-6-16(23(35)32-20-11-17(7-8-28-20)24(3,25)26)10-18(14)31-22-9-15(2)33-34(22)21-12-19(27-4)29-13-30-21/h5-13,31H,1-4H3,(H,27,29,30)(H,28,32,35). The molecule has 0 radical (unpaired) electrons. The predicted molar refractivity (Wildman–Crippen MR) is 130 cm³/mol. The Labute approximate surface area is 200 Å². The van der Waals surface area contributed by atoms with Crippen LogP contribution in [0.15, 0.2) is 55.0 Å². The summed E-state index contributed by atoms with van der Waals surface area (Å²) in [6.07, 6.45) is 2.68. The summed E-state index contributed by atoms with van der Waals surface area (Å²) in [6, 6.07) is 11.1. The summed E-state index contributed by atoms with van der Waals surface area (Å²) in [7, 11) is 1.76. The second-order valence-electron chi connectivity index (χ2n) is 8.02. The lowest BCUT2D eigenvalue weighted by Gasteiger charge is -2.14. The van der Waals surface area contributed by atoms with Gasteiger partial charge in [-0.3, -0.25) is 4.79 Å². The molecule has 4 rings (SSSR count). The quantitative estimate of drug-likeness (QED) is 0.349. The van der Waals surface area contributed by atoms with E-state index in [-0.39, 0.29) is 11.4 Å². The van der Waals surface area contributed by atoms with Gasteiger partial charge in [0.15, 0.2) is 5.82 Å². The molecule has 35 heavy (non-hydrogen) atoms. The fourth-order valence-corrected chi connectivity index (χ4v) is 3.36. The molecular weight excluding hydrogens is 454 g/mol. The number of nitrogens with one attached hydrogen (secondary N) is 3. The second kappa shape index (κ2) is 9.45. The van der Waals surface area contributed by atoms with Crippen molar-refractivity contribution in [1.29, 1.82) is 0 Å². The monoisotopic (exact) mass is 478 g/mol. The lowest BCUT2D eigenvalue weighted by atomic mass is 10.1. The van der Waals surface area contributed by atoms with Crippen molar-refractivity contribution in [3.63, 3.8) is 0 Å². The van der Waals surface area contributed by atoms with Gasteiger partial charge in [-0.15, -0.1) is 0 Å². The summed E-state index contributed by atoms with van der Waals surface area (Å²) in [4.78, 5) is 25.2. The average molecular weight is 479 g/mol. The Morgan fingerprint density at radius 3 is 2.54 bits per heavy atom. The molecule has 0 spiro atoms. The fraction of sp³-hybridized carbons (Fsp3) is 0.208. The highest BCUT2D eigenvalue weighted by Crippen LogP contribution is 2.28. The van der Waals surface area contributed by atoms with Crippen LogP contribution in [-0.2, 0) is 5.92 Å². The van der Waals surface area contributed by atoms with Crippen molar-refractivity contribution in [2.45, 2.75) is 26.7 Å². The Bertz CT molecular complexity index is 1380. The summed E-state index contributed by atoms with van der Waals surface area (Å²) >= 11 is 0. The number of anilines is 4. The van der Waals surface area contributed by atoms with Gasteiger partial charge < -0.3 is 16.0 Å². The van der Waals surface area contributed by atoms with Crippen molar-refractivity contribution in [2.24, 2.45) is 0 Å². The predicted octanol–water partition coefficient (Wildman–Crippen LogP) is 4.82. The van der Waals surface area contributed by atoms with Crippen LogP contribution in [-0.4, -0.2) is 37.7 Å². The van der Waals surface area contributed by atoms with Crippen molar-refractivity contribution < 1.29 is 13.6 Å². The summed E-state index contributed by atoms with van der Waals surface area (Å²) < 4.78 is 28.9. The number of aromatic nitrogens is 5. The van der Waals surface area contributed by atoms with E-state index in [0.717, 1.165) is 24.2 Å². The maximum Gasteiger partial charge on any atom is 0.270 e. The summed E-state index contributed by atoms with van der Waals surface area (Å²) in [5, 5.41) is 13.4. The van der Waals surface area contributed by atoms with Crippen molar-refractivity contribution in [3.8, 4) is 5.82 Å². The molecule has 1 amide bonds. The van der Waals surface area contributed by atoms with Gasteiger partial charge in [0.05, 0.1) is 5.69 Å². The van der Waals surface area contributed by atoms with Crippen LogP contribution in [0.4, 0.5) is 31.9 Å². The molecule has 11 heteroatoms. The molecule has 0 atom stereocenters. The minimum Gasteiger partial charge on any atom is -0.373 e. The van der Waals surface area contributed by atoms with Crippen molar-refractivity contribution in [3.05, 3.63) is 77.4 Å². The molecule has 9 nitrogen and oxygen atoms in total. The van der Waals surface area contributed by atoms with E-state index in [0.29, 0.717) is 28.7 Å². The number of hydrogen-bond acceptors (Lipinski definition) is 7. The van der Waals surface area contributed by atoms with E-state index in [1.54, 1.807) is 36.0 Å². The first kappa shape index (κ1) is 23.7. The summed E-state index contributed by atoms with van der Waals surface area (Å²) in [5.41, 5.74) is 2.42. The SMILES string of the molecule is CNc1cc(-n2nc(C)cc2Nc2cc(C(=O)Nc3cc(C(C)(F)F)ccn3)ccc2C)ncn1. The van der Waals surface area contributed by atoms with Gasteiger partial charge in [0, 0.05) is 49.1 Å². The molecule has 0 aliphatic rings. The number of alkyl halides is 2. The number of benzene rings is 1. The molecule has 0 aliphatic heterocycles. The highest BCUT2D eigenvalue weighted by Gasteiger charge is 2.25. The fourth-order valence-electron chi connectivity index (χ4n) is 3.36. The topological polar surface area (TPSA) is 110 Å². The maximum absolute atomic E-state index is 13.6. The molecular formula is C24H24F2N8O. The maximum atomic E-state index is 13.6. The van der Waals surface area contributed by atoms with Gasteiger partial charge in [-0.25, -0.2) is 23.7 Å². The van der Waals surface area contributed by atoms with Gasteiger partial charge >= 0.3 is 0 Å². The van der Waals surface area contributed by atoms with Crippen LogP contribution in [0.2, 0.25) is 0 Å². The highest BCUT2D eigenvalue weighted by molar-refractivity contribution is 6.04. The molecule has 180 valence electrons. The molecule has 0 saturated heterocycles. The number of amides is 1. The molecule has 0 fully saturated rings. The number of halogens is 2. The Hall–Kier alpha value is -4.41. The molecule has 0 bridgehead atoms. The Morgan fingerprint density at radius 2 is 1.80 bits per heavy atom. The molecule has 3 N–H and O–H groups in total. The summed E-state index contributed by atoms with van der Waals surface area (Å²) in [6.45, 7) is 4.55. The molecule has 0 aliphatic carbocycles. The van der Waals surface area contributed by atoms with Gasteiger partial charge in [-0.2, -0.15) is 9.78 Å². The Balaban J connectivity index is 1.60. The first-order chi connectivity index (χ1) is 16.6. The van der Waals surface area contributed by atoms with Crippen LogP contribution in [0.1, 0.15) is 34.1 Å². The van der Waals surface area contributed by atoms with E-state index < -0.39 is 11.8 Å². The third kappa shape index (κ3) is 5.40. The van der Waals surface area contributed by atoms with Crippen LogP contribution in [0.25, 0.3) is 5.82 Å². The normalized spacial score (nSPS) is 11.3. The number of carbonyl (C=O) groups is 1. The van der Waals surface area contributed by atoms with E-state index in [2.05, 4.69) is 36.0 Å². The van der Waals surface area contributed by atoms with Crippen molar-refractivity contribution >= 4 is 29.0 Å². The van der Waals surface area contributed by atoms with Crippen molar-refractivity contribution in [1.82, 2.24) is 24.7 Å². The van der Waals surface area contributed by atoms with Gasteiger partial charge in [-0.1, -0.05) is 6.07 Å². The van der Waals surface area contributed by atoms with Gasteiger partial charge in [0.1, 0.15) is 23.8 Å². The van der Waals surface area contributed by atoms with E-state index in [1.807, 2.05) is 19.9 Å². The zero-order chi connectivity index (χ0) is 25.2. The molecule has 0 unspecified atom stereocenters. The lowest BCUT2D eigenvalue weighted by Crippen LogP contribution is -2.15. The first-order valence-corrected chi connectivity index (χ1v) is 10.7. The van der Waals surface area contributed by atoms with Crippen LogP contribution in [0, 0.1) is 13.8 Å². The van der Waals surface area contributed by atoms with Crippen molar-refractivity contribution in [2.75, 3.05) is 23.0 Å². The molecule has 0 saturated carbocycles. The van der Waals surface area contributed by atoms with Crippen LogP contribution in [0.3, 0.4) is 0 Å². The van der Waals surface area contributed by atoms with Gasteiger partial charge in [0.25, 0.3) is 11.8 Å². The van der Waals surface area contributed by atoms with E-state index >= 15 is 0 Å². The molecule has 3 heterocycles. The van der Waals surface area contributed by atoms with E-state index in [9.17, 15) is 13.6 Å². The van der Waals surface area contributed by atoms with E-state index in [4.69, 9.17) is 0 Å². The highest BCUT2D eigenvalue weighted by atomic mass is 19.3. The number of pyridine rings is 1. The number of nitrogens with zero attached hydrogens (tertiary/aromatic N) is 5. The second-order valence-corrected chi connectivity index (χ2v) is 8.02. The number of hydrogen-bond donors (Lipinski definition) is 3. The number of aryl methyl sites for hydroxylation is 2. The van der Waals surface area contributed by atoms with Crippen LogP contribution < -0.4 is 16.0 Å². The minimum atomic E-state index is -3.04. The zero-order valence-electron chi connectivity index (χ0n) is 19.6. The largest absolute Gasteiger partial charge is 0.373 e. The Kier molecular flexibility index (Phi) is 6.41. The van der Waals surface area contributed by atoms with E-state index in [1.165, 1.54) is 18.6 Å². The molecule has 4 aromatic rings. The third-order valence-corrected chi connectivity index (χ3v) is 5.23. The zero-order valence-corrected chi connectivity index (χ0v) is 19.6. The average Bonchev–Trinajstić information content (AvgIpc) is 3.20. The van der Waals surface area contributed by atoms with Gasteiger partial charge in [-0.05, 0) is 43.7 Å². The molecule has 3 aromatic heterocycles. The van der Waals surface area contributed by atoms with Crippen LogP contribution in [0.5, 0.6) is 0 Å². The number of rotatable bonds is 7. The minimum absolute atomic E-state index is 0.0434.